The number of aromatic hydroxyl groups is 2. The lowest BCUT2D eigenvalue weighted by atomic mass is 9.72. The Morgan fingerprint density at radius 2 is 1.70 bits per heavy atom. The molecule has 0 bridgehead atoms. The summed E-state index contributed by atoms with van der Waals surface area (Å²) in [6, 6.07) is 7.18. The molecule has 1 aliphatic carbocycles. The summed E-state index contributed by atoms with van der Waals surface area (Å²) in [5, 5.41) is 31.7. The quantitative estimate of drug-likeness (QED) is 0.609. The zero-order valence-corrected chi connectivity index (χ0v) is 16.5. The number of fused-ring (bicyclic) bond motifs is 1. The number of halogens is 2. The molecule has 0 saturated heterocycles. The molecule has 1 heterocycles. The molecule has 0 amide bonds. The predicted molar refractivity (Wildman–Crippen MR) is 107 cm³/mol. The summed E-state index contributed by atoms with van der Waals surface area (Å²) in [6.07, 6.45) is -2.04. The smallest absolute Gasteiger partial charge is 0.507 e. The van der Waals surface area contributed by atoms with Crippen LogP contribution in [0.4, 0.5) is 8.78 Å². The van der Waals surface area contributed by atoms with Gasteiger partial charge in [0.2, 0.25) is 0 Å². The maximum atomic E-state index is 13.3. The Morgan fingerprint density at radius 1 is 1.07 bits per heavy atom. The minimum atomic E-state index is -3.72. The molecule has 0 radical (unpaired) electrons. The van der Waals surface area contributed by atoms with Gasteiger partial charge in [-0.05, 0) is 67.2 Å². The first-order valence-corrected chi connectivity index (χ1v) is 9.53. The van der Waals surface area contributed by atoms with Crippen LogP contribution < -0.4 is 9.47 Å². The minimum Gasteiger partial charge on any atom is -0.507 e. The molecule has 3 N–H and O–H groups in total. The van der Waals surface area contributed by atoms with E-state index in [-0.39, 0.29) is 34.8 Å². The lowest BCUT2D eigenvalue weighted by molar-refractivity contribution is -0.286. The number of hydrogen-bond donors (Lipinski definition) is 3. The molecule has 7 heteroatoms. The van der Waals surface area contributed by atoms with Gasteiger partial charge in [-0.25, -0.2) is 0 Å². The van der Waals surface area contributed by atoms with Gasteiger partial charge in [-0.3, -0.25) is 0 Å². The van der Waals surface area contributed by atoms with Gasteiger partial charge in [0.25, 0.3) is 0 Å². The molecule has 0 fully saturated rings. The summed E-state index contributed by atoms with van der Waals surface area (Å²) in [4.78, 5) is 0. The van der Waals surface area contributed by atoms with Crippen molar-refractivity contribution >= 4 is 0 Å². The number of alkyl halides is 2. The standard InChI is InChI=1S/C23H22F2O5/c1-11(2)15-10-17(26)12(3)6-16(15)22-18(27)7-14(8-19(22)28)13-4-5-20-21(9-13)30-23(24,25)29-20/h4-9,15-17,26-28H,1,10H2,2-3H3/t15-,16+,17-/m0/s1. The van der Waals surface area contributed by atoms with Crippen LogP contribution in [0.1, 0.15) is 31.7 Å². The van der Waals surface area contributed by atoms with Crippen molar-refractivity contribution in [1.82, 2.24) is 0 Å². The van der Waals surface area contributed by atoms with E-state index in [0.29, 0.717) is 23.1 Å². The number of aliphatic hydroxyl groups is 1. The molecular formula is C23H22F2O5. The highest BCUT2D eigenvalue weighted by Crippen LogP contribution is 2.48. The predicted octanol–water partition coefficient (Wildman–Crippen LogP) is 5.07. The van der Waals surface area contributed by atoms with Gasteiger partial charge in [0, 0.05) is 11.5 Å². The molecule has 0 spiro atoms. The number of phenolic OH excluding ortho intramolecular Hbond substituents is 2. The van der Waals surface area contributed by atoms with Gasteiger partial charge in [-0.1, -0.05) is 24.3 Å². The second kappa shape index (κ2) is 7.02. The van der Waals surface area contributed by atoms with E-state index in [9.17, 15) is 24.1 Å². The lowest BCUT2D eigenvalue weighted by Gasteiger charge is -2.34. The Morgan fingerprint density at radius 3 is 2.33 bits per heavy atom. The zero-order chi connectivity index (χ0) is 21.8. The molecule has 2 aliphatic rings. The number of phenols is 2. The Balaban J connectivity index is 1.74. The highest BCUT2D eigenvalue weighted by molar-refractivity contribution is 5.72. The molecule has 2 aromatic carbocycles. The van der Waals surface area contributed by atoms with Gasteiger partial charge in [-0.2, -0.15) is 0 Å². The second-order valence-corrected chi connectivity index (χ2v) is 7.90. The summed E-state index contributed by atoms with van der Waals surface area (Å²) >= 11 is 0. The van der Waals surface area contributed by atoms with E-state index in [1.54, 1.807) is 6.92 Å². The fourth-order valence-electron chi connectivity index (χ4n) is 4.14. The first-order chi connectivity index (χ1) is 14.1. The fourth-order valence-corrected chi connectivity index (χ4v) is 4.14. The molecule has 0 aromatic heterocycles. The first kappa shape index (κ1) is 20.2. The van der Waals surface area contributed by atoms with Crippen LogP contribution in [0.3, 0.4) is 0 Å². The van der Waals surface area contributed by atoms with Crippen LogP contribution in [0.25, 0.3) is 11.1 Å². The van der Waals surface area contributed by atoms with Crippen molar-refractivity contribution in [2.45, 2.75) is 38.6 Å². The van der Waals surface area contributed by atoms with Crippen molar-refractivity contribution < 1.29 is 33.6 Å². The van der Waals surface area contributed by atoms with Crippen molar-refractivity contribution in [1.29, 1.82) is 0 Å². The van der Waals surface area contributed by atoms with Crippen LogP contribution >= 0.6 is 0 Å². The second-order valence-electron chi connectivity index (χ2n) is 7.90. The molecule has 30 heavy (non-hydrogen) atoms. The van der Waals surface area contributed by atoms with Gasteiger partial charge in [0.05, 0.1) is 6.10 Å². The van der Waals surface area contributed by atoms with Gasteiger partial charge in [0.15, 0.2) is 11.5 Å². The highest BCUT2D eigenvalue weighted by Gasteiger charge is 2.43. The summed E-state index contributed by atoms with van der Waals surface area (Å²) < 4.78 is 35.4. The third-order valence-electron chi connectivity index (χ3n) is 5.72. The lowest BCUT2D eigenvalue weighted by Crippen LogP contribution is -2.26. The third-order valence-corrected chi connectivity index (χ3v) is 5.72. The zero-order valence-electron chi connectivity index (χ0n) is 16.5. The van der Waals surface area contributed by atoms with Crippen molar-refractivity contribution in [3.05, 3.63) is 59.7 Å². The number of aliphatic hydroxyl groups excluding tert-OH is 1. The third kappa shape index (κ3) is 3.50. The summed E-state index contributed by atoms with van der Waals surface area (Å²) in [5.74, 6) is -0.980. The van der Waals surface area contributed by atoms with Crippen LogP contribution in [0.2, 0.25) is 0 Å². The fraction of sp³-hybridized carbons (Fsp3) is 0.304. The number of benzene rings is 2. The summed E-state index contributed by atoms with van der Waals surface area (Å²) in [6.45, 7) is 7.65. The van der Waals surface area contributed by atoms with Crippen molar-refractivity contribution in [3.8, 4) is 34.1 Å². The maximum absolute atomic E-state index is 13.3. The maximum Gasteiger partial charge on any atom is 0.586 e. The van der Waals surface area contributed by atoms with Gasteiger partial charge in [-0.15, -0.1) is 8.78 Å². The number of ether oxygens (including phenoxy) is 2. The van der Waals surface area contributed by atoms with E-state index < -0.39 is 12.4 Å². The molecule has 1 aliphatic heterocycles. The monoisotopic (exact) mass is 416 g/mol. The average Bonchev–Trinajstić information content (AvgIpc) is 2.96. The van der Waals surface area contributed by atoms with Gasteiger partial charge >= 0.3 is 6.29 Å². The molecule has 5 nitrogen and oxygen atoms in total. The molecule has 4 rings (SSSR count). The molecular weight excluding hydrogens is 394 g/mol. The van der Waals surface area contributed by atoms with Crippen LogP contribution in [0.15, 0.2) is 54.1 Å². The Bertz CT molecular complexity index is 1040. The van der Waals surface area contributed by atoms with Crippen LogP contribution in [-0.4, -0.2) is 27.7 Å². The van der Waals surface area contributed by atoms with Gasteiger partial charge in [0.1, 0.15) is 11.5 Å². The normalized spacial score (nSPS) is 24.4. The molecule has 0 unspecified atom stereocenters. The van der Waals surface area contributed by atoms with E-state index in [1.165, 1.54) is 30.3 Å². The first-order valence-electron chi connectivity index (χ1n) is 9.53. The van der Waals surface area contributed by atoms with Crippen LogP contribution in [0.5, 0.6) is 23.0 Å². The molecule has 158 valence electrons. The van der Waals surface area contributed by atoms with Crippen LogP contribution in [0, 0.1) is 5.92 Å². The number of allylic oxidation sites excluding steroid dienone is 2. The summed E-state index contributed by atoms with van der Waals surface area (Å²) in [5.41, 5.74) is 2.83. The number of rotatable bonds is 3. The van der Waals surface area contributed by atoms with E-state index in [2.05, 4.69) is 16.1 Å². The molecule has 2 aromatic rings. The highest BCUT2D eigenvalue weighted by atomic mass is 19.3. The van der Waals surface area contributed by atoms with Crippen molar-refractivity contribution in [2.75, 3.05) is 0 Å². The van der Waals surface area contributed by atoms with E-state index in [0.717, 1.165) is 11.1 Å². The number of hydrogen-bond acceptors (Lipinski definition) is 5. The Hall–Kier alpha value is -3.06. The Labute approximate surface area is 172 Å². The van der Waals surface area contributed by atoms with Crippen molar-refractivity contribution in [3.63, 3.8) is 0 Å². The molecule has 3 atom stereocenters. The Kier molecular flexibility index (Phi) is 4.73. The van der Waals surface area contributed by atoms with E-state index >= 15 is 0 Å². The van der Waals surface area contributed by atoms with Crippen LogP contribution in [-0.2, 0) is 0 Å². The topological polar surface area (TPSA) is 79.2 Å². The van der Waals surface area contributed by atoms with E-state index in [1.807, 2.05) is 13.0 Å². The summed E-state index contributed by atoms with van der Waals surface area (Å²) in [7, 11) is 0. The minimum absolute atomic E-state index is 0.0838. The largest absolute Gasteiger partial charge is 0.586 e. The SMILES string of the molecule is C=C(C)[C@@H]1C[C@H](O)C(C)=C[C@H]1c1c(O)cc(-c2ccc3c(c2)OC(F)(F)O3)cc1O. The van der Waals surface area contributed by atoms with E-state index in [4.69, 9.17) is 0 Å². The molecule has 0 saturated carbocycles. The average molecular weight is 416 g/mol. The van der Waals surface area contributed by atoms with Gasteiger partial charge < -0.3 is 24.8 Å². The van der Waals surface area contributed by atoms with Crippen molar-refractivity contribution in [2.24, 2.45) is 5.92 Å².